The molecule has 0 N–H and O–H groups in total. The fourth-order valence-corrected chi connectivity index (χ4v) is 1.97. The molecule has 7 heteroatoms. The highest BCUT2D eigenvalue weighted by atomic mass is 19.4. The Hall–Kier alpha value is -2.05. The van der Waals surface area contributed by atoms with Crippen LogP contribution in [0.5, 0.6) is 0 Å². The molecular formula is C14H14F3NO3. The van der Waals surface area contributed by atoms with Gasteiger partial charge in [0.2, 0.25) is 0 Å². The van der Waals surface area contributed by atoms with Crippen molar-refractivity contribution in [2.75, 3.05) is 13.2 Å². The van der Waals surface area contributed by atoms with Crippen molar-refractivity contribution in [3.8, 4) is 0 Å². The van der Waals surface area contributed by atoms with Crippen LogP contribution >= 0.6 is 0 Å². The molecule has 1 saturated heterocycles. The first-order valence-electron chi connectivity index (χ1n) is 6.47. The van der Waals surface area contributed by atoms with Crippen LogP contribution in [0.25, 0.3) is 0 Å². The number of hydrogen-bond acceptors (Lipinski definition) is 4. The van der Waals surface area contributed by atoms with Crippen LogP contribution in [0, 0.1) is 5.92 Å². The average Bonchev–Trinajstić information content (AvgIpc) is 2.84. The molecule has 1 aromatic carbocycles. The normalized spacial score (nSPS) is 19.5. The van der Waals surface area contributed by atoms with Gasteiger partial charge in [-0.2, -0.15) is 13.2 Å². The van der Waals surface area contributed by atoms with Crippen LogP contribution in [0.15, 0.2) is 35.5 Å². The van der Waals surface area contributed by atoms with E-state index in [4.69, 9.17) is 9.57 Å². The van der Waals surface area contributed by atoms with Gasteiger partial charge in [0.15, 0.2) is 5.71 Å². The number of alkyl halides is 3. The maximum absolute atomic E-state index is 12.9. The van der Waals surface area contributed by atoms with E-state index < -0.39 is 11.9 Å². The Bertz CT molecular complexity index is 514. The van der Waals surface area contributed by atoms with E-state index in [2.05, 4.69) is 5.16 Å². The zero-order valence-corrected chi connectivity index (χ0v) is 11.1. The molecular weight excluding hydrogens is 287 g/mol. The smallest absolute Gasteiger partial charge is 0.437 e. The van der Waals surface area contributed by atoms with E-state index >= 15 is 0 Å². The predicted octanol–water partition coefficient (Wildman–Crippen LogP) is 2.92. The summed E-state index contributed by atoms with van der Waals surface area (Å²) in [6.07, 6.45) is -3.74. The summed E-state index contributed by atoms with van der Waals surface area (Å²) < 4.78 is 43.5. The molecule has 1 aromatic rings. The van der Waals surface area contributed by atoms with E-state index in [9.17, 15) is 18.0 Å². The van der Waals surface area contributed by atoms with Crippen molar-refractivity contribution in [1.82, 2.24) is 0 Å². The van der Waals surface area contributed by atoms with Gasteiger partial charge >= 0.3 is 12.1 Å². The molecule has 1 aliphatic heterocycles. The average molecular weight is 301 g/mol. The van der Waals surface area contributed by atoms with Crippen molar-refractivity contribution in [3.63, 3.8) is 0 Å². The van der Waals surface area contributed by atoms with E-state index in [1.165, 1.54) is 24.3 Å². The standard InChI is InChI=1S/C14H14F3NO3/c15-14(16,17)12(10-4-2-1-3-5-10)18-21-9-7-11-6-8-20-13(11)19/h1-5,11H,6-9H2/b18-12-. The first-order valence-corrected chi connectivity index (χ1v) is 6.47. The number of hydrogen-bond donors (Lipinski definition) is 0. The van der Waals surface area contributed by atoms with E-state index in [1.807, 2.05) is 0 Å². The van der Waals surface area contributed by atoms with Gasteiger partial charge in [0.25, 0.3) is 0 Å². The monoisotopic (exact) mass is 301 g/mol. The fraction of sp³-hybridized carbons (Fsp3) is 0.429. The summed E-state index contributed by atoms with van der Waals surface area (Å²) in [6, 6.07) is 7.22. The highest BCUT2D eigenvalue weighted by Crippen LogP contribution is 2.23. The second kappa shape index (κ2) is 6.60. The Labute approximate surface area is 119 Å². The van der Waals surface area contributed by atoms with Crippen molar-refractivity contribution >= 4 is 11.7 Å². The number of ether oxygens (including phenoxy) is 1. The van der Waals surface area contributed by atoms with E-state index in [0.717, 1.165) is 0 Å². The molecule has 1 atom stereocenters. The minimum atomic E-state index is -4.60. The molecule has 0 bridgehead atoms. The van der Waals surface area contributed by atoms with Crippen LogP contribution < -0.4 is 0 Å². The van der Waals surface area contributed by atoms with Crippen molar-refractivity contribution < 1.29 is 27.5 Å². The summed E-state index contributed by atoms with van der Waals surface area (Å²) in [7, 11) is 0. The largest absolute Gasteiger partial charge is 0.465 e. The van der Waals surface area contributed by atoms with Gasteiger partial charge in [-0.25, -0.2) is 0 Å². The maximum Gasteiger partial charge on any atom is 0.437 e. The second-order valence-corrected chi connectivity index (χ2v) is 4.58. The lowest BCUT2D eigenvalue weighted by Crippen LogP contribution is -2.24. The highest BCUT2D eigenvalue weighted by molar-refractivity contribution is 6.04. The molecule has 0 amide bonds. The fourth-order valence-electron chi connectivity index (χ4n) is 1.97. The number of rotatable bonds is 5. The van der Waals surface area contributed by atoms with E-state index in [-0.39, 0.29) is 24.1 Å². The maximum atomic E-state index is 12.9. The zero-order valence-electron chi connectivity index (χ0n) is 11.1. The number of nitrogens with zero attached hydrogens (tertiary/aromatic N) is 1. The van der Waals surface area contributed by atoms with Gasteiger partial charge in [0.05, 0.1) is 12.5 Å². The minimum absolute atomic E-state index is 0.0633. The van der Waals surface area contributed by atoms with Crippen LogP contribution in [-0.4, -0.2) is 31.1 Å². The Balaban J connectivity index is 1.96. The molecule has 114 valence electrons. The minimum Gasteiger partial charge on any atom is -0.465 e. The number of oxime groups is 1. The summed E-state index contributed by atoms with van der Waals surface area (Å²) >= 11 is 0. The lowest BCUT2D eigenvalue weighted by atomic mass is 10.1. The molecule has 1 fully saturated rings. The summed E-state index contributed by atoms with van der Waals surface area (Å²) in [5, 5.41) is 3.19. The van der Waals surface area contributed by atoms with Crippen LogP contribution in [-0.2, 0) is 14.4 Å². The second-order valence-electron chi connectivity index (χ2n) is 4.58. The van der Waals surface area contributed by atoms with Gasteiger partial charge in [0, 0.05) is 5.56 Å². The molecule has 1 unspecified atom stereocenters. The van der Waals surface area contributed by atoms with Gasteiger partial charge in [-0.1, -0.05) is 35.5 Å². The number of carbonyl (C=O) groups excluding carboxylic acids is 1. The third kappa shape index (κ3) is 4.21. The third-order valence-corrected chi connectivity index (χ3v) is 3.07. The molecule has 0 saturated carbocycles. The van der Waals surface area contributed by atoms with E-state index in [0.29, 0.717) is 19.4 Å². The van der Waals surface area contributed by atoms with Crippen molar-refractivity contribution in [2.45, 2.75) is 19.0 Å². The van der Waals surface area contributed by atoms with Gasteiger partial charge in [-0.15, -0.1) is 0 Å². The van der Waals surface area contributed by atoms with Crippen molar-refractivity contribution in [3.05, 3.63) is 35.9 Å². The third-order valence-electron chi connectivity index (χ3n) is 3.07. The van der Waals surface area contributed by atoms with Gasteiger partial charge < -0.3 is 9.57 Å². The van der Waals surface area contributed by atoms with Crippen molar-refractivity contribution in [1.29, 1.82) is 0 Å². The van der Waals surface area contributed by atoms with Crippen molar-refractivity contribution in [2.24, 2.45) is 11.1 Å². The quantitative estimate of drug-likeness (QED) is 0.363. The molecule has 0 aliphatic carbocycles. The molecule has 1 heterocycles. The molecule has 1 aliphatic rings. The Kier molecular flexibility index (Phi) is 4.82. The SMILES string of the molecule is O=C1OCCC1CCO/N=C(/c1ccccc1)C(F)(F)F. The van der Waals surface area contributed by atoms with Gasteiger partial charge in [-0.05, 0) is 12.8 Å². The molecule has 2 rings (SSSR count). The first kappa shape index (κ1) is 15.3. The lowest BCUT2D eigenvalue weighted by Gasteiger charge is -2.10. The lowest BCUT2D eigenvalue weighted by molar-refractivity contribution is -0.141. The number of benzene rings is 1. The molecule has 21 heavy (non-hydrogen) atoms. The summed E-state index contributed by atoms with van der Waals surface area (Å²) in [5.41, 5.74) is -1.15. The van der Waals surface area contributed by atoms with Crippen LogP contribution in [0.2, 0.25) is 0 Å². The summed E-state index contributed by atoms with van der Waals surface area (Å²) in [5.74, 6) is -0.645. The van der Waals surface area contributed by atoms with Crippen LogP contribution in [0.3, 0.4) is 0 Å². The number of carbonyl (C=O) groups is 1. The summed E-state index contributed by atoms with van der Waals surface area (Å²) in [4.78, 5) is 15.9. The molecule has 0 spiro atoms. The Morgan fingerprint density at radius 3 is 2.62 bits per heavy atom. The van der Waals surface area contributed by atoms with Crippen LogP contribution in [0.1, 0.15) is 18.4 Å². The molecule has 4 nitrogen and oxygen atoms in total. The topological polar surface area (TPSA) is 47.9 Å². The van der Waals surface area contributed by atoms with Gasteiger partial charge in [0.1, 0.15) is 6.61 Å². The number of cyclic esters (lactones) is 1. The first-order chi connectivity index (χ1) is 9.98. The number of esters is 1. The molecule has 0 radical (unpaired) electrons. The van der Waals surface area contributed by atoms with Crippen LogP contribution in [0.4, 0.5) is 13.2 Å². The summed E-state index contributed by atoms with van der Waals surface area (Å²) in [6.45, 7) is 0.288. The molecule has 0 aromatic heterocycles. The van der Waals surface area contributed by atoms with E-state index in [1.54, 1.807) is 6.07 Å². The predicted molar refractivity (Wildman–Crippen MR) is 68.7 cm³/mol. The Morgan fingerprint density at radius 2 is 2.05 bits per heavy atom. The number of halogens is 3. The highest BCUT2D eigenvalue weighted by Gasteiger charge is 2.37. The Morgan fingerprint density at radius 1 is 1.33 bits per heavy atom. The zero-order chi connectivity index (χ0) is 15.3. The van der Waals surface area contributed by atoms with Gasteiger partial charge in [-0.3, -0.25) is 4.79 Å².